The molecule has 2 saturated heterocycles. The van der Waals surface area contributed by atoms with Crippen molar-refractivity contribution in [1.29, 1.82) is 0 Å². The van der Waals surface area contributed by atoms with Crippen LogP contribution in [0.15, 0.2) is 36.4 Å². The van der Waals surface area contributed by atoms with Gasteiger partial charge in [0.05, 0.1) is 5.69 Å². The topological polar surface area (TPSA) is 58.3 Å². The molecule has 2 fully saturated rings. The Morgan fingerprint density at radius 1 is 1.00 bits per heavy atom. The third-order valence-electron chi connectivity index (χ3n) is 4.79. The van der Waals surface area contributed by atoms with Crippen molar-refractivity contribution in [2.45, 2.75) is 0 Å². The quantitative estimate of drug-likeness (QED) is 0.914. The smallest absolute Gasteiger partial charge is 0.222 e. The van der Waals surface area contributed by atoms with E-state index in [1.54, 1.807) is 0 Å². The van der Waals surface area contributed by atoms with Gasteiger partial charge in [0, 0.05) is 37.8 Å². The number of nitrogens with zero attached hydrogens (tertiary/aromatic N) is 4. The Bertz CT molecular complexity index is 658. The Labute approximate surface area is 130 Å². The van der Waals surface area contributed by atoms with Crippen LogP contribution in [-0.2, 0) is 0 Å². The predicted molar refractivity (Wildman–Crippen MR) is 88.6 cm³/mol. The van der Waals surface area contributed by atoms with Gasteiger partial charge in [-0.05, 0) is 18.9 Å². The summed E-state index contributed by atoms with van der Waals surface area (Å²) in [5.74, 6) is 2.82. The molecule has 2 aliphatic heterocycles. The zero-order valence-electron chi connectivity index (χ0n) is 12.8. The number of hydrogen-bond acceptors (Lipinski definition) is 5. The predicted octanol–water partition coefficient (Wildman–Crippen LogP) is 1.72. The highest BCUT2D eigenvalue weighted by molar-refractivity contribution is 5.64. The number of anilines is 2. The third-order valence-corrected chi connectivity index (χ3v) is 4.79. The van der Waals surface area contributed by atoms with Gasteiger partial charge in [0.1, 0.15) is 5.82 Å². The second kappa shape index (κ2) is 5.25. The van der Waals surface area contributed by atoms with Crippen molar-refractivity contribution < 1.29 is 0 Å². The van der Waals surface area contributed by atoms with Crippen LogP contribution in [0.25, 0.3) is 11.3 Å². The first-order valence-corrected chi connectivity index (χ1v) is 7.82. The van der Waals surface area contributed by atoms with Gasteiger partial charge in [0.2, 0.25) is 5.95 Å². The maximum absolute atomic E-state index is 5.95. The highest BCUT2D eigenvalue weighted by Crippen LogP contribution is 2.33. The molecule has 5 nitrogen and oxygen atoms in total. The van der Waals surface area contributed by atoms with Crippen LogP contribution in [0.4, 0.5) is 11.8 Å². The molecule has 2 atom stereocenters. The summed E-state index contributed by atoms with van der Waals surface area (Å²) >= 11 is 0. The van der Waals surface area contributed by atoms with E-state index in [1.807, 2.05) is 18.2 Å². The summed E-state index contributed by atoms with van der Waals surface area (Å²) in [6.45, 7) is 4.51. The molecule has 3 heterocycles. The minimum Gasteiger partial charge on any atom is -0.368 e. The van der Waals surface area contributed by atoms with Crippen LogP contribution in [0.1, 0.15) is 0 Å². The van der Waals surface area contributed by atoms with Gasteiger partial charge in [0.15, 0.2) is 0 Å². The van der Waals surface area contributed by atoms with Crippen molar-refractivity contribution in [1.82, 2.24) is 14.9 Å². The van der Waals surface area contributed by atoms with Gasteiger partial charge in [0.25, 0.3) is 0 Å². The average Bonchev–Trinajstić information content (AvgIpc) is 3.05. The van der Waals surface area contributed by atoms with Crippen LogP contribution in [0.2, 0.25) is 0 Å². The molecule has 2 unspecified atom stereocenters. The molecule has 0 amide bonds. The van der Waals surface area contributed by atoms with Crippen molar-refractivity contribution in [3.8, 4) is 11.3 Å². The number of hydrogen-bond donors (Lipinski definition) is 1. The lowest BCUT2D eigenvalue weighted by Crippen LogP contribution is -2.27. The molecule has 2 N–H and O–H groups in total. The van der Waals surface area contributed by atoms with Gasteiger partial charge in [-0.25, -0.2) is 4.98 Å². The second-order valence-electron chi connectivity index (χ2n) is 6.48. The standard InChI is InChI=1S/C17H21N5/c1-21-8-13-10-22(11-14(13)9-21)16-7-15(19-17(18)20-16)12-5-3-2-4-6-12/h2-7,13-14H,8-11H2,1H3,(H2,18,19,20). The van der Waals surface area contributed by atoms with E-state index in [4.69, 9.17) is 5.73 Å². The number of likely N-dealkylation sites (tertiary alicyclic amines) is 1. The van der Waals surface area contributed by atoms with Gasteiger partial charge in [-0.15, -0.1) is 0 Å². The summed E-state index contributed by atoms with van der Waals surface area (Å²) in [6.07, 6.45) is 0. The van der Waals surface area contributed by atoms with E-state index in [1.165, 1.54) is 13.1 Å². The highest BCUT2D eigenvalue weighted by atomic mass is 15.3. The molecule has 1 aromatic carbocycles. The van der Waals surface area contributed by atoms with E-state index in [9.17, 15) is 0 Å². The molecule has 0 saturated carbocycles. The van der Waals surface area contributed by atoms with E-state index in [0.717, 1.165) is 42.0 Å². The minimum absolute atomic E-state index is 0.352. The van der Waals surface area contributed by atoms with E-state index < -0.39 is 0 Å². The fourth-order valence-corrected chi connectivity index (χ4v) is 3.79. The van der Waals surface area contributed by atoms with Crippen molar-refractivity contribution in [2.24, 2.45) is 11.8 Å². The van der Waals surface area contributed by atoms with E-state index in [-0.39, 0.29) is 0 Å². The summed E-state index contributed by atoms with van der Waals surface area (Å²) < 4.78 is 0. The van der Waals surface area contributed by atoms with Crippen molar-refractivity contribution in [3.63, 3.8) is 0 Å². The molecule has 1 aromatic heterocycles. The molecule has 2 aliphatic rings. The van der Waals surface area contributed by atoms with E-state index in [2.05, 4.69) is 45.0 Å². The number of fused-ring (bicyclic) bond motifs is 1. The number of benzene rings is 1. The fourth-order valence-electron chi connectivity index (χ4n) is 3.79. The Morgan fingerprint density at radius 3 is 2.36 bits per heavy atom. The Morgan fingerprint density at radius 2 is 1.68 bits per heavy atom. The summed E-state index contributed by atoms with van der Waals surface area (Å²) in [7, 11) is 2.21. The van der Waals surface area contributed by atoms with Gasteiger partial charge >= 0.3 is 0 Å². The van der Waals surface area contributed by atoms with Crippen LogP contribution in [-0.4, -0.2) is 48.1 Å². The normalized spacial score (nSPS) is 24.7. The summed E-state index contributed by atoms with van der Waals surface area (Å²) in [4.78, 5) is 13.7. The summed E-state index contributed by atoms with van der Waals surface area (Å²) in [5, 5.41) is 0. The van der Waals surface area contributed by atoms with Gasteiger partial charge in [-0.3, -0.25) is 0 Å². The first-order chi connectivity index (χ1) is 10.7. The molecular formula is C17H21N5. The molecule has 4 rings (SSSR count). The van der Waals surface area contributed by atoms with E-state index >= 15 is 0 Å². The van der Waals surface area contributed by atoms with Crippen molar-refractivity contribution in [2.75, 3.05) is 43.9 Å². The Balaban J connectivity index is 1.62. The highest BCUT2D eigenvalue weighted by Gasteiger charge is 2.39. The Hall–Kier alpha value is -2.14. The molecule has 0 radical (unpaired) electrons. The number of nitrogen functional groups attached to an aromatic ring is 1. The Kier molecular flexibility index (Phi) is 3.22. The maximum Gasteiger partial charge on any atom is 0.222 e. The molecule has 5 heteroatoms. The lowest BCUT2D eigenvalue weighted by Gasteiger charge is -2.21. The largest absolute Gasteiger partial charge is 0.368 e. The van der Waals surface area contributed by atoms with Gasteiger partial charge in [-0.1, -0.05) is 30.3 Å². The summed E-state index contributed by atoms with van der Waals surface area (Å²) in [6, 6.07) is 12.2. The average molecular weight is 295 g/mol. The van der Waals surface area contributed by atoms with Crippen LogP contribution in [0.3, 0.4) is 0 Å². The SMILES string of the molecule is CN1CC2CN(c3cc(-c4ccccc4)nc(N)n3)CC2C1. The van der Waals surface area contributed by atoms with Crippen LogP contribution in [0, 0.1) is 11.8 Å². The number of nitrogens with two attached hydrogens (primary N) is 1. The van der Waals surface area contributed by atoms with Crippen molar-refractivity contribution >= 4 is 11.8 Å². The lowest BCUT2D eigenvalue weighted by atomic mass is 10.0. The van der Waals surface area contributed by atoms with Crippen molar-refractivity contribution in [3.05, 3.63) is 36.4 Å². The van der Waals surface area contributed by atoms with Crippen LogP contribution < -0.4 is 10.6 Å². The number of rotatable bonds is 2. The monoisotopic (exact) mass is 295 g/mol. The second-order valence-corrected chi connectivity index (χ2v) is 6.48. The van der Waals surface area contributed by atoms with Gasteiger partial charge in [-0.2, -0.15) is 4.98 Å². The fraction of sp³-hybridized carbons (Fsp3) is 0.412. The zero-order chi connectivity index (χ0) is 15.1. The summed E-state index contributed by atoms with van der Waals surface area (Å²) in [5.41, 5.74) is 7.93. The van der Waals surface area contributed by atoms with Crippen LogP contribution in [0.5, 0.6) is 0 Å². The van der Waals surface area contributed by atoms with E-state index in [0.29, 0.717) is 5.95 Å². The first-order valence-electron chi connectivity index (χ1n) is 7.82. The maximum atomic E-state index is 5.95. The zero-order valence-corrected chi connectivity index (χ0v) is 12.8. The molecule has 22 heavy (non-hydrogen) atoms. The van der Waals surface area contributed by atoms with Gasteiger partial charge < -0.3 is 15.5 Å². The molecule has 0 aliphatic carbocycles. The first kappa shape index (κ1) is 13.5. The number of aromatic nitrogens is 2. The molecular weight excluding hydrogens is 274 g/mol. The molecule has 2 aromatic rings. The third kappa shape index (κ3) is 2.41. The molecule has 114 valence electrons. The van der Waals surface area contributed by atoms with Crippen LogP contribution >= 0.6 is 0 Å². The molecule has 0 bridgehead atoms. The minimum atomic E-state index is 0.352. The lowest BCUT2D eigenvalue weighted by molar-refractivity contribution is 0.387. The molecule has 0 spiro atoms.